The van der Waals surface area contributed by atoms with Crippen molar-refractivity contribution in [3.63, 3.8) is 0 Å². The Kier molecular flexibility index (Phi) is 6.93. The molecule has 57 heavy (non-hydrogen) atoms. The predicted molar refractivity (Wildman–Crippen MR) is 240 cm³/mol. The largest absolute Gasteiger partial charge is 0.309 e. The molecule has 0 N–H and O–H groups in total. The second-order valence-corrected chi connectivity index (χ2v) is 14.9. The van der Waals surface area contributed by atoms with Crippen molar-refractivity contribution in [1.82, 2.24) is 13.7 Å². The normalized spacial score (nSPS) is 11.9. The maximum absolute atomic E-state index is 2.44. The van der Waals surface area contributed by atoms with Crippen LogP contribution in [-0.2, 0) is 0 Å². The fraction of sp³-hybridized carbons (Fsp3) is 0. The van der Waals surface area contributed by atoms with Gasteiger partial charge in [-0.15, -0.1) is 0 Å². The summed E-state index contributed by atoms with van der Waals surface area (Å²) in [4.78, 5) is 0. The maximum Gasteiger partial charge on any atom is 0.0548 e. The molecule has 0 aliphatic carbocycles. The molecule has 0 unspecified atom stereocenters. The van der Waals surface area contributed by atoms with E-state index in [1.807, 2.05) is 0 Å². The van der Waals surface area contributed by atoms with Crippen LogP contribution in [0.1, 0.15) is 0 Å². The first-order valence-electron chi connectivity index (χ1n) is 19.6. The van der Waals surface area contributed by atoms with Crippen molar-refractivity contribution >= 4 is 65.4 Å². The Morgan fingerprint density at radius 3 is 1.35 bits per heavy atom. The molecule has 9 aromatic carbocycles. The van der Waals surface area contributed by atoms with Gasteiger partial charge < -0.3 is 13.7 Å². The van der Waals surface area contributed by atoms with E-state index in [4.69, 9.17) is 0 Å². The van der Waals surface area contributed by atoms with Crippen LogP contribution in [0.25, 0.3) is 105 Å². The van der Waals surface area contributed by atoms with Gasteiger partial charge in [0.25, 0.3) is 0 Å². The molecule has 0 saturated carbocycles. The minimum absolute atomic E-state index is 1.14. The highest BCUT2D eigenvalue weighted by atomic mass is 15.0. The summed E-state index contributed by atoms with van der Waals surface area (Å²) in [6.07, 6.45) is 0. The Bertz CT molecular complexity index is 3490. The average molecular weight is 726 g/mol. The molecule has 0 aliphatic rings. The second kappa shape index (κ2) is 12.5. The lowest BCUT2D eigenvalue weighted by Crippen LogP contribution is -1.95. The fourth-order valence-electron chi connectivity index (χ4n) is 9.35. The van der Waals surface area contributed by atoms with Crippen molar-refractivity contribution in [2.45, 2.75) is 0 Å². The van der Waals surface area contributed by atoms with Gasteiger partial charge in [-0.3, -0.25) is 0 Å². The Hall–Kier alpha value is -7.62. The molecular weight excluding hydrogens is 691 g/mol. The van der Waals surface area contributed by atoms with Crippen LogP contribution in [0, 0.1) is 0 Å². The van der Waals surface area contributed by atoms with Crippen LogP contribution in [0.4, 0.5) is 0 Å². The van der Waals surface area contributed by atoms with E-state index in [0.717, 1.165) is 11.4 Å². The van der Waals surface area contributed by atoms with Crippen molar-refractivity contribution in [1.29, 1.82) is 0 Å². The van der Waals surface area contributed by atoms with Crippen LogP contribution >= 0.6 is 0 Å². The molecule has 0 radical (unpaired) electrons. The molecule has 3 heteroatoms. The standard InChI is InChI=1S/C54H35N3/c1-3-15-36(16-4-1)38-17-13-20-41(33-38)57-49-26-11-8-22-44(49)47-34-52-46(35-53(47)57)43-21-7-10-25-48(43)56(52)40-31-29-37(30-32-40)42-24-14-28-51-54(42)45-23-9-12-27-50(45)55(51)39-18-5-2-6-19-39/h1-35H. The Morgan fingerprint density at radius 1 is 0.228 bits per heavy atom. The SMILES string of the molecule is c1ccc(-c2cccc(-n3c4ccccc4c4cc5c(cc43)c3ccccc3n5-c3ccc(-c4cccc5c4c4ccccc4n5-c4ccccc4)cc3)c2)cc1. The van der Waals surface area contributed by atoms with Crippen molar-refractivity contribution in [2.75, 3.05) is 0 Å². The Labute approximate surface area is 329 Å². The summed E-state index contributed by atoms with van der Waals surface area (Å²) in [5.74, 6) is 0. The van der Waals surface area contributed by atoms with E-state index < -0.39 is 0 Å². The van der Waals surface area contributed by atoms with Gasteiger partial charge in [0, 0.05) is 49.4 Å². The number of aromatic nitrogens is 3. The van der Waals surface area contributed by atoms with Crippen molar-refractivity contribution in [3.05, 3.63) is 212 Å². The van der Waals surface area contributed by atoms with Gasteiger partial charge >= 0.3 is 0 Å². The summed E-state index contributed by atoms with van der Waals surface area (Å²) >= 11 is 0. The minimum atomic E-state index is 1.14. The van der Waals surface area contributed by atoms with Gasteiger partial charge in [0.15, 0.2) is 0 Å². The summed E-state index contributed by atoms with van der Waals surface area (Å²) in [7, 11) is 0. The van der Waals surface area contributed by atoms with Gasteiger partial charge in [0.1, 0.15) is 0 Å². The zero-order valence-corrected chi connectivity index (χ0v) is 31.0. The Morgan fingerprint density at radius 2 is 0.684 bits per heavy atom. The highest BCUT2D eigenvalue weighted by Gasteiger charge is 2.20. The van der Waals surface area contributed by atoms with E-state index in [1.165, 1.54) is 93.4 Å². The van der Waals surface area contributed by atoms with E-state index in [2.05, 4.69) is 226 Å². The van der Waals surface area contributed by atoms with Crippen LogP contribution in [0.2, 0.25) is 0 Å². The first-order valence-corrected chi connectivity index (χ1v) is 19.6. The molecular formula is C54H35N3. The molecule has 0 aliphatic heterocycles. The van der Waals surface area contributed by atoms with Gasteiger partial charge in [0.05, 0.1) is 33.1 Å². The topological polar surface area (TPSA) is 14.8 Å². The highest BCUT2D eigenvalue weighted by Crippen LogP contribution is 2.42. The summed E-state index contributed by atoms with van der Waals surface area (Å²) in [5.41, 5.74) is 15.5. The fourth-order valence-corrected chi connectivity index (χ4v) is 9.35. The molecule has 266 valence electrons. The molecule has 3 aromatic heterocycles. The summed E-state index contributed by atoms with van der Waals surface area (Å²) < 4.78 is 7.27. The molecule has 3 nitrogen and oxygen atoms in total. The molecule has 0 amide bonds. The lowest BCUT2D eigenvalue weighted by atomic mass is 9.99. The van der Waals surface area contributed by atoms with E-state index in [1.54, 1.807) is 0 Å². The van der Waals surface area contributed by atoms with E-state index in [-0.39, 0.29) is 0 Å². The zero-order valence-electron chi connectivity index (χ0n) is 31.0. The summed E-state index contributed by atoms with van der Waals surface area (Å²) in [5, 5.41) is 7.50. The van der Waals surface area contributed by atoms with E-state index >= 15 is 0 Å². The van der Waals surface area contributed by atoms with Crippen LogP contribution in [0.15, 0.2) is 212 Å². The van der Waals surface area contributed by atoms with Crippen molar-refractivity contribution in [3.8, 4) is 39.3 Å². The molecule has 0 bridgehead atoms. The summed E-state index contributed by atoms with van der Waals surface area (Å²) in [6, 6.07) is 77.4. The highest BCUT2D eigenvalue weighted by molar-refractivity contribution is 6.19. The van der Waals surface area contributed by atoms with Gasteiger partial charge in [-0.1, -0.05) is 140 Å². The molecule has 0 fully saturated rings. The first-order chi connectivity index (χ1) is 28.3. The van der Waals surface area contributed by atoms with Gasteiger partial charge in [0.2, 0.25) is 0 Å². The average Bonchev–Trinajstić information content (AvgIpc) is 3.92. The lowest BCUT2D eigenvalue weighted by molar-refractivity contribution is 1.17. The smallest absolute Gasteiger partial charge is 0.0548 e. The molecule has 0 saturated heterocycles. The minimum Gasteiger partial charge on any atom is -0.309 e. The van der Waals surface area contributed by atoms with E-state index in [9.17, 15) is 0 Å². The number of benzene rings is 9. The first kappa shape index (κ1) is 31.7. The predicted octanol–water partition coefficient (Wildman–Crippen LogP) is 14.3. The molecule has 0 atom stereocenters. The number of fused-ring (bicyclic) bond motifs is 9. The van der Waals surface area contributed by atoms with Crippen LogP contribution in [-0.4, -0.2) is 13.7 Å². The van der Waals surface area contributed by atoms with E-state index in [0.29, 0.717) is 0 Å². The third-order valence-electron chi connectivity index (χ3n) is 11.8. The van der Waals surface area contributed by atoms with Crippen molar-refractivity contribution < 1.29 is 0 Å². The lowest BCUT2D eigenvalue weighted by Gasteiger charge is -2.12. The number of hydrogen-bond donors (Lipinski definition) is 0. The molecule has 12 rings (SSSR count). The Balaban J connectivity index is 1.05. The van der Waals surface area contributed by atoms with Crippen molar-refractivity contribution in [2.24, 2.45) is 0 Å². The monoisotopic (exact) mass is 725 g/mol. The quantitative estimate of drug-likeness (QED) is 0.168. The number of para-hydroxylation sites is 4. The summed E-state index contributed by atoms with van der Waals surface area (Å²) in [6.45, 7) is 0. The zero-order chi connectivity index (χ0) is 37.5. The van der Waals surface area contributed by atoms with Gasteiger partial charge in [-0.25, -0.2) is 0 Å². The molecule has 12 aromatic rings. The van der Waals surface area contributed by atoms with Crippen LogP contribution in [0.3, 0.4) is 0 Å². The maximum atomic E-state index is 2.44. The molecule has 0 spiro atoms. The number of hydrogen-bond acceptors (Lipinski definition) is 0. The molecule has 3 heterocycles. The number of nitrogens with zero attached hydrogens (tertiary/aromatic N) is 3. The third kappa shape index (κ3) is 4.79. The van der Waals surface area contributed by atoms with Gasteiger partial charge in [-0.05, 0) is 95.1 Å². The van der Waals surface area contributed by atoms with Gasteiger partial charge in [-0.2, -0.15) is 0 Å². The second-order valence-electron chi connectivity index (χ2n) is 14.9. The number of rotatable bonds is 5. The van der Waals surface area contributed by atoms with Crippen LogP contribution in [0.5, 0.6) is 0 Å². The third-order valence-corrected chi connectivity index (χ3v) is 11.8. The van der Waals surface area contributed by atoms with Crippen LogP contribution < -0.4 is 0 Å².